The van der Waals surface area contributed by atoms with Crippen molar-refractivity contribution in [2.75, 3.05) is 0 Å². The van der Waals surface area contributed by atoms with E-state index in [0.717, 1.165) is 0 Å². The summed E-state index contributed by atoms with van der Waals surface area (Å²) in [4.78, 5) is 16.3. The second kappa shape index (κ2) is 7.25. The normalized spacial score (nSPS) is 11.5. The van der Waals surface area contributed by atoms with Gasteiger partial charge in [0.25, 0.3) is 0 Å². The molecule has 1 aromatic heterocycles. The molecule has 0 saturated heterocycles. The summed E-state index contributed by atoms with van der Waals surface area (Å²) in [5, 5.41) is 0. The van der Waals surface area contributed by atoms with Crippen LogP contribution in [0.2, 0.25) is 0 Å². The van der Waals surface area contributed by atoms with Crippen LogP contribution < -0.4 is 0 Å². The first kappa shape index (κ1) is 18.1. The van der Waals surface area contributed by atoms with Crippen LogP contribution in [0.4, 0.5) is 0 Å². The first-order valence-corrected chi connectivity index (χ1v) is 9.93. The number of ketones is 1. The Morgan fingerprint density at radius 2 is 1.69 bits per heavy atom. The monoisotopic (exact) mass is 369 g/mol. The van der Waals surface area contributed by atoms with Gasteiger partial charge in [0.05, 0.1) is 10.6 Å². The Balaban J connectivity index is 1.87. The predicted molar refractivity (Wildman–Crippen MR) is 98.6 cm³/mol. The van der Waals surface area contributed by atoms with E-state index in [0.29, 0.717) is 34.9 Å². The van der Waals surface area contributed by atoms with Gasteiger partial charge in [-0.15, -0.1) is 0 Å². The second-order valence-corrected chi connectivity index (χ2v) is 7.94. The van der Waals surface area contributed by atoms with Crippen LogP contribution in [0.15, 0.2) is 63.9 Å². The molecular formula is C20H19NO4S. The smallest absolute Gasteiger partial charge is 0.226 e. The topological polar surface area (TPSA) is 77.2 Å². The van der Waals surface area contributed by atoms with Gasteiger partial charge in [-0.05, 0) is 31.2 Å². The molecule has 0 N–H and O–H groups in total. The molecule has 134 valence electrons. The van der Waals surface area contributed by atoms with Crippen molar-refractivity contribution in [3.8, 4) is 11.5 Å². The molecule has 0 bridgehead atoms. The van der Waals surface area contributed by atoms with Gasteiger partial charge in [-0.25, -0.2) is 13.4 Å². The molecule has 0 unspecified atom stereocenters. The fourth-order valence-corrected chi connectivity index (χ4v) is 3.95. The Labute approximate surface area is 152 Å². The third-order valence-corrected chi connectivity index (χ3v) is 5.74. The predicted octanol–water partition coefficient (Wildman–Crippen LogP) is 4.22. The summed E-state index contributed by atoms with van der Waals surface area (Å²) < 4.78 is 30.7. The van der Waals surface area contributed by atoms with E-state index >= 15 is 0 Å². The maximum Gasteiger partial charge on any atom is 0.226 e. The average molecular weight is 369 g/mol. The van der Waals surface area contributed by atoms with Gasteiger partial charge in [-0.1, -0.05) is 37.3 Å². The molecule has 0 aliphatic carbocycles. The summed E-state index contributed by atoms with van der Waals surface area (Å²) >= 11 is 0. The van der Waals surface area contributed by atoms with E-state index in [1.807, 2.05) is 6.92 Å². The van der Waals surface area contributed by atoms with Crippen molar-refractivity contribution in [3.63, 3.8) is 0 Å². The summed E-state index contributed by atoms with van der Waals surface area (Å²) in [5.41, 5.74) is 1.72. The maximum atomic E-state index is 12.5. The lowest BCUT2D eigenvalue weighted by Gasteiger charge is -2.02. The molecule has 0 atom stereocenters. The standard InChI is InChI=1S/C20H19NO4S/c1-3-19(22)15-9-11-16(12-10-15)20-21-18(14(2)25-20)13-26(23,24)17-7-5-4-6-8-17/h4-12H,3,13H2,1-2H3. The number of Topliss-reactive ketones (excluding diaryl/α,β-unsaturated/α-hetero) is 1. The molecule has 0 aliphatic heterocycles. The molecule has 3 rings (SSSR count). The largest absolute Gasteiger partial charge is 0.441 e. The highest BCUT2D eigenvalue weighted by molar-refractivity contribution is 7.90. The van der Waals surface area contributed by atoms with E-state index in [9.17, 15) is 13.2 Å². The van der Waals surface area contributed by atoms with E-state index in [2.05, 4.69) is 4.98 Å². The van der Waals surface area contributed by atoms with Crippen LogP contribution in [-0.4, -0.2) is 19.2 Å². The summed E-state index contributed by atoms with van der Waals surface area (Å²) in [6, 6.07) is 15.2. The molecule has 0 fully saturated rings. The molecule has 0 spiro atoms. The lowest BCUT2D eigenvalue weighted by atomic mass is 10.1. The van der Waals surface area contributed by atoms with Crippen LogP contribution >= 0.6 is 0 Å². The summed E-state index contributed by atoms with van der Waals surface area (Å²) in [7, 11) is -3.49. The molecule has 0 radical (unpaired) electrons. The molecular weight excluding hydrogens is 350 g/mol. The number of benzene rings is 2. The van der Waals surface area contributed by atoms with Gasteiger partial charge in [-0.2, -0.15) is 0 Å². The number of sulfone groups is 1. The van der Waals surface area contributed by atoms with Gasteiger partial charge in [0.15, 0.2) is 15.6 Å². The van der Waals surface area contributed by atoms with Crippen LogP contribution in [0.1, 0.15) is 35.2 Å². The number of nitrogens with zero attached hydrogens (tertiary/aromatic N) is 1. The van der Waals surface area contributed by atoms with Crippen molar-refractivity contribution < 1.29 is 17.6 Å². The first-order valence-electron chi connectivity index (χ1n) is 8.28. The molecule has 26 heavy (non-hydrogen) atoms. The van der Waals surface area contributed by atoms with Crippen LogP contribution in [0.3, 0.4) is 0 Å². The first-order chi connectivity index (χ1) is 12.4. The number of rotatable bonds is 6. The van der Waals surface area contributed by atoms with Crippen LogP contribution in [-0.2, 0) is 15.6 Å². The number of hydrogen-bond donors (Lipinski definition) is 0. The maximum absolute atomic E-state index is 12.5. The third-order valence-electron chi connectivity index (χ3n) is 4.10. The Morgan fingerprint density at radius 1 is 1.04 bits per heavy atom. The lowest BCUT2D eigenvalue weighted by molar-refractivity contribution is 0.0988. The van der Waals surface area contributed by atoms with Gasteiger partial charge in [0, 0.05) is 17.5 Å². The van der Waals surface area contributed by atoms with Gasteiger partial charge < -0.3 is 4.42 Å². The van der Waals surface area contributed by atoms with Crippen LogP contribution in [0, 0.1) is 6.92 Å². The van der Waals surface area contributed by atoms with E-state index in [-0.39, 0.29) is 16.4 Å². The van der Waals surface area contributed by atoms with Crippen molar-refractivity contribution in [1.82, 2.24) is 4.98 Å². The molecule has 0 amide bonds. The summed E-state index contributed by atoms with van der Waals surface area (Å²) in [5.74, 6) is 0.651. The molecule has 3 aromatic rings. The zero-order valence-corrected chi connectivity index (χ0v) is 15.4. The molecule has 1 heterocycles. The Morgan fingerprint density at radius 3 is 2.31 bits per heavy atom. The molecule has 6 heteroatoms. The molecule has 0 aliphatic rings. The third kappa shape index (κ3) is 3.75. The van der Waals surface area contributed by atoms with Crippen molar-refractivity contribution in [2.45, 2.75) is 30.9 Å². The lowest BCUT2D eigenvalue weighted by Crippen LogP contribution is -2.06. The number of carbonyl (C=O) groups excluding carboxylic acids is 1. The Hall–Kier alpha value is -2.73. The van der Waals surface area contributed by atoms with Gasteiger partial charge >= 0.3 is 0 Å². The van der Waals surface area contributed by atoms with Gasteiger partial charge in [0.2, 0.25) is 5.89 Å². The van der Waals surface area contributed by atoms with Gasteiger partial charge in [-0.3, -0.25) is 4.79 Å². The second-order valence-electron chi connectivity index (χ2n) is 5.95. The van der Waals surface area contributed by atoms with Gasteiger partial charge in [0.1, 0.15) is 11.5 Å². The van der Waals surface area contributed by atoms with E-state index in [1.165, 1.54) is 0 Å². The highest BCUT2D eigenvalue weighted by Crippen LogP contribution is 2.25. The fraction of sp³-hybridized carbons (Fsp3) is 0.200. The minimum absolute atomic E-state index is 0.0646. The summed E-state index contributed by atoms with van der Waals surface area (Å²) in [6.07, 6.45) is 0.443. The molecule has 5 nitrogen and oxygen atoms in total. The average Bonchev–Trinajstić information content (AvgIpc) is 3.02. The highest BCUT2D eigenvalue weighted by atomic mass is 32.2. The molecule has 0 saturated carbocycles. The SMILES string of the molecule is CCC(=O)c1ccc(-c2nc(CS(=O)(=O)c3ccccc3)c(C)o2)cc1. The fourth-order valence-electron chi connectivity index (χ4n) is 2.58. The van der Waals surface area contributed by atoms with Crippen molar-refractivity contribution >= 4 is 15.6 Å². The number of carbonyl (C=O) groups is 1. The number of oxazole rings is 1. The summed E-state index contributed by atoms with van der Waals surface area (Å²) in [6.45, 7) is 3.51. The minimum atomic E-state index is -3.49. The van der Waals surface area contributed by atoms with E-state index < -0.39 is 9.84 Å². The van der Waals surface area contributed by atoms with E-state index in [4.69, 9.17) is 4.42 Å². The van der Waals surface area contributed by atoms with Crippen molar-refractivity contribution in [3.05, 3.63) is 71.6 Å². The van der Waals surface area contributed by atoms with Crippen LogP contribution in [0.5, 0.6) is 0 Å². The number of hydrogen-bond acceptors (Lipinski definition) is 5. The molecule has 2 aromatic carbocycles. The zero-order valence-electron chi connectivity index (χ0n) is 14.6. The minimum Gasteiger partial charge on any atom is -0.441 e. The number of aryl methyl sites for hydroxylation is 1. The Bertz CT molecular complexity index is 1020. The van der Waals surface area contributed by atoms with Crippen molar-refractivity contribution in [2.24, 2.45) is 0 Å². The van der Waals surface area contributed by atoms with E-state index in [1.54, 1.807) is 61.5 Å². The highest BCUT2D eigenvalue weighted by Gasteiger charge is 2.21. The quantitative estimate of drug-likeness (QED) is 0.608. The zero-order chi connectivity index (χ0) is 18.7. The number of aromatic nitrogens is 1. The Kier molecular flexibility index (Phi) is 5.04. The van der Waals surface area contributed by atoms with Crippen molar-refractivity contribution in [1.29, 1.82) is 0 Å². The van der Waals surface area contributed by atoms with Crippen LogP contribution in [0.25, 0.3) is 11.5 Å².